The summed E-state index contributed by atoms with van der Waals surface area (Å²) in [6.45, 7) is 1.68. The third-order valence-electron chi connectivity index (χ3n) is 2.03. The van der Waals surface area contributed by atoms with E-state index in [2.05, 4.69) is 10.7 Å². The molecule has 0 radical (unpaired) electrons. The van der Waals surface area contributed by atoms with Gasteiger partial charge in [-0.3, -0.25) is 4.79 Å². The van der Waals surface area contributed by atoms with Crippen LogP contribution >= 0.6 is 0 Å². The zero-order valence-electron chi connectivity index (χ0n) is 8.83. The number of nitrogens with one attached hydrogen (secondary N) is 1. The first kappa shape index (κ1) is 12.2. The Labute approximate surface area is 91.9 Å². The van der Waals surface area contributed by atoms with Crippen LogP contribution in [0, 0.1) is 12.7 Å². The Morgan fingerprint density at radius 2 is 2.19 bits per heavy atom. The molecular formula is C11H13FN2O2. The highest BCUT2D eigenvalue weighted by Crippen LogP contribution is 2.17. The maximum absolute atomic E-state index is 12.7. The maximum Gasteiger partial charge on any atom is 0.317 e. The van der Waals surface area contributed by atoms with Crippen molar-refractivity contribution in [3.63, 3.8) is 0 Å². The fourth-order valence-electron chi connectivity index (χ4n) is 1.23. The lowest BCUT2D eigenvalue weighted by molar-refractivity contribution is -0.135. The summed E-state index contributed by atoms with van der Waals surface area (Å²) in [4.78, 5) is 12.3. The normalized spacial score (nSPS) is 9.69. The number of carboxylic acids is 1. The highest BCUT2D eigenvalue weighted by Gasteiger charge is 1.98. The second-order valence-corrected chi connectivity index (χ2v) is 3.26. The van der Waals surface area contributed by atoms with E-state index in [-0.39, 0.29) is 12.4 Å². The Bertz CT molecular complexity index is 494. The van der Waals surface area contributed by atoms with Gasteiger partial charge in [0.1, 0.15) is 5.82 Å². The monoisotopic (exact) mass is 224 g/mol. The number of fused-ring (bicyclic) bond motifs is 1. The molecule has 2 rings (SSSR count). The van der Waals surface area contributed by atoms with Crippen molar-refractivity contribution in [1.29, 1.82) is 0 Å². The van der Waals surface area contributed by atoms with Crippen LogP contribution in [0.5, 0.6) is 0 Å². The predicted octanol–water partition coefficient (Wildman–Crippen LogP) is 1.65. The van der Waals surface area contributed by atoms with Crippen molar-refractivity contribution in [1.82, 2.24) is 4.98 Å². The van der Waals surface area contributed by atoms with Crippen LogP contribution < -0.4 is 5.73 Å². The van der Waals surface area contributed by atoms with Crippen LogP contribution in [0.25, 0.3) is 10.9 Å². The fraction of sp³-hybridized carbons (Fsp3) is 0.182. The number of aromatic amines is 1. The number of benzene rings is 1. The molecule has 0 fully saturated rings. The molecule has 0 amide bonds. The van der Waals surface area contributed by atoms with E-state index in [0.717, 1.165) is 16.5 Å². The molecule has 0 aliphatic carbocycles. The second kappa shape index (κ2) is 5.27. The minimum atomic E-state index is -0.968. The first-order valence-electron chi connectivity index (χ1n) is 4.69. The molecule has 0 aliphatic rings. The molecule has 86 valence electrons. The molecule has 0 saturated heterocycles. The molecule has 0 aliphatic heterocycles. The Morgan fingerprint density at radius 1 is 1.56 bits per heavy atom. The number of halogens is 1. The van der Waals surface area contributed by atoms with Gasteiger partial charge >= 0.3 is 5.97 Å². The van der Waals surface area contributed by atoms with Gasteiger partial charge in [-0.15, -0.1) is 0 Å². The number of rotatable bonds is 1. The quantitative estimate of drug-likeness (QED) is 0.689. The molecule has 0 bridgehead atoms. The lowest BCUT2D eigenvalue weighted by Crippen LogP contribution is -2.10. The highest BCUT2D eigenvalue weighted by molar-refractivity contribution is 5.82. The van der Waals surface area contributed by atoms with Gasteiger partial charge in [0.25, 0.3) is 0 Å². The summed E-state index contributed by atoms with van der Waals surface area (Å²) in [5.74, 6) is -1.15. The number of carbonyl (C=O) groups is 1. The van der Waals surface area contributed by atoms with Crippen LogP contribution in [0.3, 0.4) is 0 Å². The minimum Gasteiger partial charge on any atom is -0.480 e. The predicted molar refractivity (Wildman–Crippen MR) is 59.7 cm³/mol. The van der Waals surface area contributed by atoms with Crippen molar-refractivity contribution in [2.45, 2.75) is 6.92 Å². The van der Waals surface area contributed by atoms with E-state index in [9.17, 15) is 9.18 Å². The SMILES string of the molecule is Cc1c[nH]c2ccc(F)cc12.NCC(=O)O. The molecular weight excluding hydrogens is 211 g/mol. The number of aryl methyl sites for hydroxylation is 1. The van der Waals surface area contributed by atoms with E-state index in [0.29, 0.717) is 0 Å². The third-order valence-corrected chi connectivity index (χ3v) is 2.03. The summed E-state index contributed by atoms with van der Waals surface area (Å²) in [5, 5.41) is 8.56. The standard InChI is InChI=1S/C9H8FN.C2H5NO2/c1-6-5-11-9-3-2-7(10)4-8(6)9;3-1-2(4)5/h2-5,11H,1H3;1,3H2,(H,4,5). The van der Waals surface area contributed by atoms with E-state index in [4.69, 9.17) is 5.11 Å². The molecule has 0 atom stereocenters. The van der Waals surface area contributed by atoms with Crippen molar-refractivity contribution in [3.8, 4) is 0 Å². The average Bonchev–Trinajstić information content (AvgIpc) is 2.61. The van der Waals surface area contributed by atoms with Crippen molar-refractivity contribution in [2.24, 2.45) is 5.73 Å². The lowest BCUT2D eigenvalue weighted by Gasteiger charge is -1.90. The number of H-pyrrole nitrogens is 1. The van der Waals surface area contributed by atoms with Crippen LogP contribution in [-0.2, 0) is 4.79 Å². The molecule has 16 heavy (non-hydrogen) atoms. The molecule has 4 N–H and O–H groups in total. The van der Waals surface area contributed by atoms with Gasteiger partial charge in [0.15, 0.2) is 0 Å². The van der Waals surface area contributed by atoms with E-state index in [1.54, 1.807) is 12.1 Å². The average molecular weight is 224 g/mol. The largest absolute Gasteiger partial charge is 0.480 e. The minimum absolute atomic E-state index is 0.180. The number of aromatic nitrogens is 1. The second-order valence-electron chi connectivity index (χ2n) is 3.26. The zero-order chi connectivity index (χ0) is 12.1. The van der Waals surface area contributed by atoms with Crippen LogP contribution in [0.15, 0.2) is 24.4 Å². The van der Waals surface area contributed by atoms with Gasteiger partial charge in [-0.1, -0.05) is 0 Å². The number of hydrogen-bond donors (Lipinski definition) is 3. The molecule has 0 saturated carbocycles. The van der Waals surface area contributed by atoms with Crippen molar-refractivity contribution < 1.29 is 14.3 Å². The molecule has 5 heteroatoms. The summed E-state index contributed by atoms with van der Waals surface area (Å²) < 4.78 is 12.7. The topological polar surface area (TPSA) is 79.1 Å². The molecule has 2 aromatic rings. The van der Waals surface area contributed by atoms with Gasteiger partial charge in [0.2, 0.25) is 0 Å². The van der Waals surface area contributed by atoms with Crippen LogP contribution in [0.2, 0.25) is 0 Å². The van der Waals surface area contributed by atoms with E-state index in [1.807, 2.05) is 13.1 Å². The van der Waals surface area contributed by atoms with E-state index < -0.39 is 5.97 Å². The highest BCUT2D eigenvalue weighted by atomic mass is 19.1. The van der Waals surface area contributed by atoms with Gasteiger partial charge in [-0.05, 0) is 30.7 Å². The molecule has 1 aromatic carbocycles. The molecule has 1 aromatic heterocycles. The van der Waals surface area contributed by atoms with E-state index in [1.165, 1.54) is 6.07 Å². The third kappa shape index (κ3) is 3.06. The number of aliphatic carboxylic acids is 1. The number of nitrogens with two attached hydrogens (primary N) is 1. The van der Waals surface area contributed by atoms with E-state index >= 15 is 0 Å². The van der Waals surface area contributed by atoms with Crippen LogP contribution in [-0.4, -0.2) is 22.6 Å². The number of hydrogen-bond acceptors (Lipinski definition) is 2. The van der Waals surface area contributed by atoms with Crippen molar-refractivity contribution in [2.75, 3.05) is 6.54 Å². The summed E-state index contributed by atoms with van der Waals surface area (Å²) in [5.41, 5.74) is 6.64. The van der Waals surface area contributed by atoms with Crippen LogP contribution in [0.4, 0.5) is 4.39 Å². The van der Waals surface area contributed by atoms with Gasteiger partial charge in [-0.2, -0.15) is 0 Å². The van der Waals surface area contributed by atoms with Crippen LogP contribution in [0.1, 0.15) is 5.56 Å². The van der Waals surface area contributed by atoms with Crippen molar-refractivity contribution >= 4 is 16.9 Å². The summed E-state index contributed by atoms with van der Waals surface area (Å²) in [6.07, 6.45) is 1.88. The molecule has 0 spiro atoms. The maximum atomic E-state index is 12.7. The van der Waals surface area contributed by atoms with Gasteiger partial charge in [0.05, 0.1) is 6.54 Å². The fourth-order valence-corrected chi connectivity index (χ4v) is 1.23. The Hall–Kier alpha value is -1.88. The van der Waals surface area contributed by atoms with Gasteiger partial charge < -0.3 is 15.8 Å². The first-order chi connectivity index (χ1) is 7.54. The number of carboxylic acid groups (broad SMARTS) is 1. The molecule has 4 nitrogen and oxygen atoms in total. The Balaban J connectivity index is 0.000000221. The molecule has 0 unspecified atom stereocenters. The first-order valence-corrected chi connectivity index (χ1v) is 4.69. The zero-order valence-corrected chi connectivity index (χ0v) is 8.83. The summed E-state index contributed by atoms with van der Waals surface area (Å²) in [7, 11) is 0. The van der Waals surface area contributed by atoms with Gasteiger partial charge in [0, 0.05) is 17.1 Å². The van der Waals surface area contributed by atoms with Crippen molar-refractivity contribution in [3.05, 3.63) is 35.8 Å². The molecule has 1 heterocycles. The Kier molecular flexibility index (Phi) is 4.02. The Morgan fingerprint density at radius 3 is 2.75 bits per heavy atom. The lowest BCUT2D eigenvalue weighted by atomic mass is 10.2. The smallest absolute Gasteiger partial charge is 0.317 e. The van der Waals surface area contributed by atoms with Gasteiger partial charge in [-0.25, -0.2) is 4.39 Å². The summed E-state index contributed by atoms with van der Waals surface area (Å²) in [6, 6.07) is 4.75. The summed E-state index contributed by atoms with van der Waals surface area (Å²) >= 11 is 0.